The summed E-state index contributed by atoms with van der Waals surface area (Å²) < 4.78 is 29.4. The fourth-order valence-electron chi connectivity index (χ4n) is 2.19. The lowest BCUT2D eigenvalue weighted by Gasteiger charge is -2.20. The largest absolute Gasteiger partial charge is 0.336 e. The second-order valence-electron chi connectivity index (χ2n) is 4.91. The fourth-order valence-corrected chi connectivity index (χ4v) is 2.19. The zero-order valence-corrected chi connectivity index (χ0v) is 12.0. The Morgan fingerprint density at radius 3 is 2.65 bits per heavy atom. The first-order chi connectivity index (χ1) is 9.54. The highest BCUT2D eigenvalue weighted by Crippen LogP contribution is 2.25. The number of nitrogens with zero attached hydrogens (tertiary/aromatic N) is 2. The van der Waals surface area contributed by atoms with Gasteiger partial charge in [0.1, 0.15) is 17.5 Å². The Hall–Kier alpha value is -1.75. The van der Waals surface area contributed by atoms with Crippen molar-refractivity contribution in [2.24, 2.45) is 7.05 Å². The molecule has 0 aliphatic carbocycles. The molecule has 0 aliphatic heterocycles. The van der Waals surface area contributed by atoms with Gasteiger partial charge in [0.2, 0.25) is 0 Å². The normalized spacial score (nSPS) is 12.7. The van der Waals surface area contributed by atoms with Crippen LogP contribution in [0, 0.1) is 18.6 Å². The average molecular weight is 279 g/mol. The summed E-state index contributed by atoms with van der Waals surface area (Å²) in [5.41, 5.74) is 0.852. The number of rotatable bonds is 5. The monoisotopic (exact) mass is 279 g/mol. The van der Waals surface area contributed by atoms with E-state index < -0.39 is 11.6 Å². The first-order valence-corrected chi connectivity index (χ1v) is 6.70. The van der Waals surface area contributed by atoms with E-state index in [-0.39, 0.29) is 6.04 Å². The second-order valence-corrected chi connectivity index (χ2v) is 4.91. The van der Waals surface area contributed by atoms with Crippen LogP contribution in [0.2, 0.25) is 0 Å². The molecule has 1 unspecified atom stereocenters. The summed E-state index contributed by atoms with van der Waals surface area (Å²) in [6, 6.07) is 2.11. The molecule has 0 bridgehead atoms. The Bertz CT molecular complexity index is 593. The smallest absolute Gasteiger partial charge is 0.131 e. The molecule has 2 rings (SSSR count). The van der Waals surface area contributed by atoms with Crippen LogP contribution in [0.3, 0.4) is 0 Å². The van der Waals surface area contributed by atoms with Crippen molar-refractivity contribution in [3.63, 3.8) is 0 Å². The molecule has 1 heterocycles. The summed E-state index contributed by atoms with van der Waals surface area (Å²) in [4.78, 5) is 4.28. The molecule has 2 aromatic rings. The van der Waals surface area contributed by atoms with E-state index in [2.05, 4.69) is 10.3 Å². The van der Waals surface area contributed by atoms with Gasteiger partial charge in [-0.25, -0.2) is 13.8 Å². The predicted octanol–water partition coefficient (Wildman–Crippen LogP) is 3.10. The van der Waals surface area contributed by atoms with Gasteiger partial charge in [-0.05, 0) is 31.5 Å². The first-order valence-electron chi connectivity index (χ1n) is 6.70. The average Bonchev–Trinajstić information content (AvgIpc) is 2.82. The number of benzene rings is 1. The summed E-state index contributed by atoms with van der Waals surface area (Å²) in [5.74, 6) is -0.367. The van der Waals surface area contributed by atoms with Gasteiger partial charge in [0.25, 0.3) is 0 Å². The van der Waals surface area contributed by atoms with Crippen LogP contribution in [0.25, 0.3) is 0 Å². The Labute approximate surface area is 117 Å². The molecule has 5 heteroatoms. The first kappa shape index (κ1) is 14.7. The van der Waals surface area contributed by atoms with Gasteiger partial charge in [0, 0.05) is 31.1 Å². The zero-order chi connectivity index (χ0) is 14.7. The minimum absolute atomic E-state index is 0.380. The van der Waals surface area contributed by atoms with Crippen molar-refractivity contribution in [3.05, 3.63) is 53.1 Å². The zero-order valence-electron chi connectivity index (χ0n) is 12.0. The molecule has 3 nitrogen and oxygen atoms in total. The minimum Gasteiger partial charge on any atom is -0.336 e. The maximum Gasteiger partial charge on any atom is 0.131 e. The van der Waals surface area contributed by atoms with E-state index in [1.165, 1.54) is 0 Å². The number of halogens is 2. The maximum absolute atomic E-state index is 14.1. The molecule has 0 saturated heterocycles. The van der Waals surface area contributed by atoms with Crippen molar-refractivity contribution in [3.8, 4) is 0 Å². The van der Waals surface area contributed by atoms with Crippen LogP contribution in [0.1, 0.15) is 36.3 Å². The molecule has 1 aromatic carbocycles. The Balaban J connectivity index is 2.46. The van der Waals surface area contributed by atoms with E-state index in [1.807, 2.05) is 24.7 Å². The quantitative estimate of drug-likeness (QED) is 0.911. The van der Waals surface area contributed by atoms with Gasteiger partial charge in [-0.1, -0.05) is 6.92 Å². The molecule has 1 aromatic heterocycles. The van der Waals surface area contributed by atoms with E-state index in [9.17, 15) is 8.78 Å². The molecule has 20 heavy (non-hydrogen) atoms. The lowest BCUT2D eigenvalue weighted by molar-refractivity contribution is 0.509. The van der Waals surface area contributed by atoms with Crippen LogP contribution in [0.15, 0.2) is 24.5 Å². The van der Waals surface area contributed by atoms with Crippen molar-refractivity contribution in [1.82, 2.24) is 14.9 Å². The highest BCUT2D eigenvalue weighted by molar-refractivity contribution is 5.32. The highest BCUT2D eigenvalue weighted by atomic mass is 19.1. The van der Waals surface area contributed by atoms with Gasteiger partial charge in [-0.15, -0.1) is 0 Å². The van der Waals surface area contributed by atoms with E-state index in [4.69, 9.17) is 0 Å². The summed E-state index contributed by atoms with van der Waals surface area (Å²) in [6.45, 7) is 4.40. The third kappa shape index (κ3) is 2.88. The van der Waals surface area contributed by atoms with Crippen molar-refractivity contribution in [2.75, 3.05) is 6.54 Å². The molecule has 0 saturated carbocycles. The van der Waals surface area contributed by atoms with Crippen LogP contribution in [-0.2, 0) is 7.05 Å². The number of aromatic nitrogens is 2. The number of hydrogen-bond donors (Lipinski definition) is 1. The van der Waals surface area contributed by atoms with Gasteiger partial charge in [-0.2, -0.15) is 0 Å². The summed E-state index contributed by atoms with van der Waals surface area (Å²) in [7, 11) is 1.86. The minimum atomic E-state index is -0.551. The number of hydrogen-bond acceptors (Lipinski definition) is 2. The van der Waals surface area contributed by atoms with Gasteiger partial charge in [0.15, 0.2) is 0 Å². The van der Waals surface area contributed by atoms with Crippen molar-refractivity contribution in [1.29, 1.82) is 0 Å². The van der Waals surface area contributed by atoms with Crippen LogP contribution >= 0.6 is 0 Å². The molecular weight excluding hydrogens is 260 g/mol. The molecule has 0 radical (unpaired) electrons. The Morgan fingerprint density at radius 2 is 2.05 bits per heavy atom. The second kappa shape index (κ2) is 6.13. The molecule has 1 atom stereocenters. The van der Waals surface area contributed by atoms with Crippen molar-refractivity contribution < 1.29 is 8.78 Å². The van der Waals surface area contributed by atoms with E-state index in [0.29, 0.717) is 17.0 Å². The van der Waals surface area contributed by atoms with Crippen molar-refractivity contribution in [2.45, 2.75) is 26.3 Å². The van der Waals surface area contributed by atoms with Gasteiger partial charge < -0.3 is 9.88 Å². The van der Waals surface area contributed by atoms with E-state index in [0.717, 1.165) is 19.0 Å². The van der Waals surface area contributed by atoms with E-state index in [1.54, 1.807) is 19.2 Å². The third-order valence-corrected chi connectivity index (χ3v) is 3.30. The van der Waals surface area contributed by atoms with Gasteiger partial charge >= 0.3 is 0 Å². The summed E-state index contributed by atoms with van der Waals surface area (Å²) in [6.07, 6.45) is 4.40. The van der Waals surface area contributed by atoms with Crippen LogP contribution in [0.4, 0.5) is 8.78 Å². The van der Waals surface area contributed by atoms with Crippen LogP contribution < -0.4 is 5.32 Å². The highest BCUT2D eigenvalue weighted by Gasteiger charge is 2.22. The lowest BCUT2D eigenvalue weighted by atomic mass is 10.0. The molecule has 0 aliphatic rings. The number of imidazole rings is 1. The van der Waals surface area contributed by atoms with Gasteiger partial charge in [0.05, 0.1) is 6.04 Å². The van der Waals surface area contributed by atoms with E-state index >= 15 is 0 Å². The van der Waals surface area contributed by atoms with Gasteiger partial charge in [-0.3, -0.25) is 0 Å². The molecular formula is C15H19F2N3. The molecule has 108 valence electrons. The Kier molecular flexibility index (Phi) is 4.49. The predicted molar refractivity (Wildman–Crippen MR) is 74.4 cm³/mol. The fraction of sp³-hybridized carbons (Fsp3) is 0.400. The topological polar surface area (TPSA) is 29.9 Å². The third-order valence-electron chi connectivity index (χ3n) is 3.30. The molecule has 0 spiro atoms. The Morgan fingerprint density at radius 1 is 1.30 bits per heavy atom. The SMILES string of the molecule is CCCNC(c1cc(C)c(F)cc1F)c1nccn1C. The summed E-state index contributed by atoms with van der Waals surface area (Å²) in [5, 5.41) is 3.27. The van der Waals surface area contributed by atoms with Crippen LogP contribution in [-0.4, -0.2) is 16.1 Å². The molecule has 0 amide bonds. The maximum atomic E-state index is 14.1. The number of aryl methyl sites for hydroxylation is 2. The summed E-state index contributed by atoms with van der Waals surface area (Å²) >= 11 is 0. The molecule has 0 fully saturated rings. The lowest BCUT2D eigenvalue weighted by Crippen LogP contribution is -2.26. The molecule has 1 N–H and O–H groups in total. The standard InChI is InChI=1S/C15H19F2N3/c1-4-5-18-14(15-19-6-7-20(15)3)11-8-10(2)12(16)9-13(11)17/h6-9,14,18H,4-5H2,1-3H3. The van der Waals surface area contributed by atoms with Crippen molar-refractivity contribution >= 4 is 0 Å². The van der Waals surface area contributed by atoms with Crippen LogP contribution in [0.5, 0.6) is 0 Å². The number of nitrogens with one attached hydrogen (secondary N) is 1.